The van der Waals surface area contributed by atoms with E-state index in [0.29, 0.717) is 18.2 Å². The van der Waals surface area contributed by atoms with Crippen molar-refractivity contribution in [2.45, 2.75) is 42.5 Å². The minimum Gasteiger partial charge on any atom is -0.460 e. The molecule has 6 nitrogen and oxygen atoms in total. The topological polar surface area (TPSA) is 82.1 Å². The van der Waals surface area contributed by atoms with Crippen LogP contribution in [0.5, 0.6) is 11.5 Å². The zero-order chi connectivity index (χ0) is 30.1. The van der Waals surface area contributed by atoms with Crippen molar-refractivity contribution >= 4 is 11.9 Å². The van der Waals surface area contributed by atoms with Crippen LogP contribution in [-0.2, 0) is 20.9 Å². The van der Waals surface area contributed by atoms with E-state index in [-0.39, 0.29) is 6.07 Å². The van der Waals surface area contributed by atoms with Gasteiger partial charge in [0.2, 0.25) is 0 Å². The zero-order valence-corrected chi connectivity index (χ0v) is 18.4. The SMILES string of the molecule is O=C(OCc1cccc(OC(C(=O)Oc2ccccc2)(C(F)(F)F)C(F)(F)F)c1)C(O)(C(F)(F)F)C(F)(F)F. The summed E-state index contributed by atoms with van der Waals surface area (Å²) in [5.74, 6) is -8.47. The van der Waals surface area contributed by atoms with E-state index in [1.54, 1.807) is 0 Å². The maximum atomic E-state index is 13.8. The molecule has 0 fully saturated rings. The molecular weight excluding hydrogens is 576 g/mol. The third kappa shape index (κ3) is 6.15. The van der Waals surface area contributed by atoms with Crippen LogP contribution in [0.25, 0.3) is 0 Å². The van der Waals surface area contributed by atoms with E-state index in [1.807, 2.05) is 0 Å². The number of halogens is 12. The Hall–Kier alpha value is -3.70. The Bertz CT molecular complexity index is 1140. The van der Waals surface area contributed by atoms with E-state index in [4.69, 9.17) is 5.11 Å². The van der Waals surface area contributed by atoms with E-state index in [2.05, 4.69) is 14.2 Å². The third-order valence-electron chi connectivity index (χ3n) is 4.69. The average molecular weight is 588 g/mol. The molecule has 2 rings (SSSR count). The molecule has 2 aromatic rings. The van der Waals surface area contributed by atoms with Gasteiger partial charge in [-0.25, -0.2) is 9.59 Å². The Balaban J connectivity index is 2.42. The van der Waals surface area contributed by atoms with Crippen molar-refractivity contribution in [2.75, 3.05) is 0 Å². The van der Waals surface area contributed by atoms with Crippen molar-refractivity contribution in [3.63, 3.8) is 0 Å². The van der Waals surface area contributed by atoms with Crippen molar-refractivity contribution < 1.29 is 81.6 Å². The number of alkyl halides is 12. The van der Waals surface area contributed by atoms with Gasteiger partial charge >= 0.3 is 47.8 Å². The number of carbonyl (C=O) groups excluding carboxylic acids is 2. The van der Waals surface area contributed by atoms with Gasteiger partial charge in [0.15, 0.2) is 0 Å². The minimum absolute atomic E-state index is 0.190. The van der Waals surface area contributed by atoms with Crippen LogP contribution in [-0.4, -0.2) is 53.0 Å². The maximum absolute atomic E-state index is 13.8. The lowest BCUT2D eigenvalue weighted by Crippen LogP contribution is -2.67. The third-order valence-corrected chi connectivity index (χ3v) is 4.69. The maximum Gasteiger partial charge on any atom is 0.449 e. The van der Waals surface area contributed by atoms with Gasteiger partial charge in [-0.2, -0.15) is 52.7 Å². The summed E-state index contributed by atoms with van der Waals surface area (Å²) in [7, 11) is 0. The molecule has 0 heterocycles. The molecule has 0 bridgehead atoms. The first-order valence-electron chi connectivity index (χ1n) is 9.79. The lowest BCUT2D eigenvalue weighted by atomic mass is 10.0. The first kappa shape index (κ1) is 31.5. The fraction of sp³-hybridized carbons (Fsp3) is 0.333. The molecule has 0 aliphatic rings. The summed E-state index contributed by atoms with van der Waals surface area (Å²) < 4.78 is 171. The molecule has 0 saturated carbocycles. The number of para-hydroxylation sites is 1. The van der Waals surface area contributed by atoms with Gasteiger partial charge < -0.3 is 19.3 Å². The first-order chi connectivity index (χ1) is 17.6. The summed E-state index contributed by atoms with van der Waals surface area (Å²) in [6.45, 7) is -1.62. The molecule has 0 aliphatic carbocycles. The molecule has 216 valence electrons. The van der Waals surface area contributed by atoms with Crippen LogP contribution in [0.15, 0.2) is 54.6 Å². The summed E-state index contributed by atoms with van der Waals surface area (Å²) in [5.41, 5.74) is -12.5. The van der Waals surface area contributed by atoms with Crippen LogP contribution in [0, 0.1) is 0 Å². The highest BCUT2D eigenvalue weighted by molar-refractivity contribution is 5.84. The summed E-state index contributed by atoms with van der Waals surface area (Å²) in [6, 6.07) is 7.08. The fourth-order valence-corrected chi connectivity index (χ4v) is 2.74. The number of esters is 2. The van der Waals surface area contributed by atoms with Crippen LogP contribution in [0.1, 0.15) is 5.56 Å². The smallest absolute Gasteiger partial charge is 0.449 e. The molecule has 0 saturated heterocycles. The van der Waals surface area contributed by atoms with Crippen LogP contribution < -0.4 is 9.47 Å². The van der Waals surface area contributed by atoms with Crippen LogP contribution >= 0.6 is 0 Å². The van der Waals surface area contributed by atoms with Crippen molar-refractivity contribution in [3.05, 3.63) is 60.2 Å². The quantitative estimate of drug-likeness (QED) is 0.264. The lowest BCUT2D eigenvalue weighted by Gasteiger charge is -2.34. The molecule has 0 unspecified atom stereocenters. The van der Waals surface area contributed by atoms with Gasteiger partial charge in [-0.05, 0) is 29.8 Å². The standard InChI is InChI=1S/C21H12F12O6/c22-18(23,24)16(36,19(25,26)27)14(34)37-10-11-5-4-8-13(9-11)39-17(20(28,29)30,21(31,32)33)15(35)38-12-6-2-1-3-7-12/h1-9,36H,10H2. The number of hydrogen-bond donors (Lipinski definition) is 1. The number of hydrogen-bond acceptors (Lipinski definition) is 6. The van der Waals surface area contributed by atoms with Gasteiger partial charge in [0, 0.05) is 0 Å². The summed E-state index contributed by atoms with van der Waals surface area (Å²) >= 11 is 0. The molecule has 0 aliphatic heterocycles. The minimum atomic E-state index is -6.62. The number of ether oxygens (including phenoxy) is 3. The van der Waals surface area contributed by atoms with E-state index < -0.39 is 71.5 Å². The van der Waals surface area contributed by atoms with Crippen molar-refractivity contribution in [1.82, 2.24) is 0 Å². The van der Waals surface area contributed by atoms with Gasteiger partial charge in [-0.15, -0.1) is 0 Å². The summed E-state index contributed by atoms with van der Waals surface area (Å²) in [6.07, 6.45) is -26.3. The molecule has 1 N–H and O–H groups in total. The van der Waals surface area contributed by atoms with Crippen molar-refractivity contribution in [3.8, 4) is 11.5 Å². The Morgan fingerprint density at radius 2 is 1.13 bits per heavy atom. The molecule has 0 aromatic heterocycles. The summed E-state index contributed by atoms with van der Waals surface area (Å²) in [4.78, 5) is 23.7. The second-order valence-electron chi connectivity index (χ2n) is 7.41. The van der Waals surface area contributed by atoms with Gasteiger partial charge in [0.1, 0.15) is 18.1 Å². The second-order valence-corrected chi connectivity index (χ2v) is 7.41. The number of aliphatic hydroxyl groups is 1. The molecule has 0 spiro atoms. The predicted octanol–water partition coefficient (Wildman–Crippen LogP) is 5.43. The zero-order valence-electron chi connectivity index (χ0n) is 18.4. The molecule has 0 atom stereocenters. The lowest BCUT2D eigenvalue weighted by molar-refractivity contribution is -0.357. The van der Waals surface area contributed by atoms with Gasteiger partial charge in [-0.3, -0.25) is 0 Å². The number of carbonyl (C=O) groups is 2. The van der Waals surface area contributed by atoms with Crippen molar-refractivity contribution in [2.24, 2.45) is 0 Å². The highest BCUT2D eigenvalue weighted by Crippen LogP contribution is 2.47. The monoisotopic (exact) mass is 588 g/mol. The predicted molar refractivity (Wildman–Crippen MR) is 101 cm³/mol. The highest BCUT2D eigenvalue weighted by atomic mass is 19.4. The normalized spacial score (nSPS) is 13.6. The van der Waals surface area contributed by atoms with Gasteiger partial charge in [-0.1, -0.05) is 30.3 Å². The van der Waals surface area contributed by atoms with Crippen LogP contribution in [0.4, 0.5) is 52.7 Å². The molecule has 2 aromatic carbocycles. The van der Waals surface area contributed by atoms with E-state index in [0.717, 1.165) is 24.3 Å². The average Bonchev–Trinajstić information content (AvgIpc) is 2.78. The van der Waals surface area contributed by atoms with Gasteiger partial charge in [0.05, 0.1) is 0 Å². The van der Waals surface area contributed by atoms with Gasteiger partial charge in [0.25, 0.3) is 0 Å². The van der Waals surface area contributed by atoms with E-state index in [9.17, 15) is 62.3 Å². The molecule has 39 heavy (non-hydrogen) atoms. The number of rotatable bonds is 7. The summed E-state index contributed by atoms with van der Waals surface area (Å²) in [5, 5.41) is 8.95. The Kier molecular flexibility index (Phi) is 8.45. The van der Waals surface area contributed by atoms with E-state index in [1.165, 1.54) is 6.07 Å². The Morgan fingerprint density at radius 1 is 0.641 bits per heavy atom. The fourth-order valence-electron chi connectivity index (χ4n) is 2.74. The van der Waals surface area contributed by atoms with Crippen molar-refractivity contribution in [1.29, 1.82) is 0 Å². The molecule has 0 amide bonds. The molecular formula is C21H12F12O6. The number of benzene rings is 2. The first-order valence-corrected chi connectivity index (χ1v) is 9.79. The largest absolute Gasteiger partial charge is 0.460 e. The van der Waals surface area contributed by atoms with Crippen LogP contribution in [0.2, 0.25) is 0 Å². The van der Waals surface area contributed by atoms with E-state index >= 15 is 0 Å². The molecule has 0 radical (unpaired) electrons. The second kappa shape index (κ2) is 10.5. The Morgan fingerprint density at radius 3 is 1.59 bits per heavy atom. The van der Waals surface area contributed by atoms with Crippen LogP contribution in [0.3, 0.4) is 0 Å². The molecule has 18 heteroatoms. The highest BCUT2D eigenvalue weighted by Gasteiger charge is 2.80. The Labute approximate surface area is 208 Å².